The summed E-state index contributed by atoms with van der Waals surface area (Å²) >= 11 is 1.83. The molecule has 0 aliphatic heterocycles. The van der Waals surface area contributed by atoms with Crippen LogP contribution in [0, 0.1) is 6.57 Å². The molecule has 8 aromatic carbocycles. The Kier molecular flexibility index (Phi) is 7.99. The molecule has 0 amide bonds. The summed E-state index contributed by atoms with van der Waals surface area (Å²) in [6.07, 6.45) is 0. The Morgan fingerprint density at radius 1 is 0.414 bits per heavy atom. The molecule has 0 N–H and O–H groups in total. The Bertz CT molecular complexity index is 3340. The van der Waals surface area contributed by atoms with Crippen LogP contribution in [-0.2, 0) is 0 Å². The topological polar surface area (TPSA) is 48.0 Å². The van der Waals surface area contributed by atoms with Crippen molar-refractivity contribution in [3.05, 3.63) is 199 Å². The quantitative estimate of drug-likeness (QED) is 0.159. The number of para-hydroxylation sites is 1. The molecule has 11 rings (SSSR count). The molecule has 0 radical (unpaired) electrons. The van der Waals surface area contributed by atoms with Gasteiger partial charge < -0.3 is 4.57 Å². The van der Waals surface area contributed by atoms with Crippen molar-refractivity contribution in [3.8, 4) is 62.1 Å². The van der Waals surface area contributed by atoms with Crippen LogP contribution < -0.4 is 0 Å². The van der Waals surface area contributed by atoms with Crippen LogP contribution in [-0.4, -0.2) is 19.5 Å². The highest BCUT2D eigenvalue weighted by atomic mass is 32.1. The van der Waals surface area contributed by atoms with E-state index in [1.54, 1.807) is 0 Å². The third-order valence-corrected chi connectivity index (χ3v) is 12.1. The zero-order chi connectivity index (χ0) is 38.6. The van der Waals surface area contributed by atoms with Crippen LogP contribution in [0.25, 0.3) is 109 Å². The molecule has 58 heavy (non-hydrogen) atoms. The smallest absolute Gasteiger partial charge is 0.187 e. The van der Waals surface area contributed by atoms with Gasteiger partial charge in [-0.2, -0.15) is 0 Å². The van der Waals surface area contributed by atoms with E-state index in [4.69, 9.17) is 21.5 Å². The summed E-state index contributed by atoms with van der Waals surface area (Å²) in [7, 11) is 0. The second-order valence-corrected chi connectivity index (χ2v) is 15.3. The van der Waals surface area contributed by atoms with Gasteiger partial charge in [0.15, 0.2) is 23.2 Å². The maximum absolute atomic E-state index is 7.47. The van der Waals surface area contributed by atoms with E-state index < -0.39 is 0 Å². The van der Waals surface area contributed by atoms with Crippen molar-refractivity contribution < 1.29 is 0 Å². The first kappa shape index (κ1) is 33.6. The highest BCUT2D eigenvalue weighted by Gasteiger charge is 2.21. The van der Waals surface area contributed by atoms with Crippen molar-refractivity contribution in [2.45, 2.75) is 0 Å². The minimum Gasteiger partial charge on any atom is -0.308 e. The maximum Gasteiger partial charge on any atom is 0.187 e. The van der Waals surface area contributed by atoms with Crippen molar-refractivity contribution in [3.63, 3.8) is 0 Å². The average Bonchev–Trinajstić information content (AvgIpc) is 3.85. The molecule has 270 valence electrons. The van der Waals surface area contributed by atoms with Crippen LogP contribution in [0.3, 0.4) is 0 Å². The average molecular weight is 758 g/mol. The van der Waals surface area contributed by atoms with E-state index in [-0.39, 0.29) is 0 Å². The van der Waals surface area contributed by atoms with Crippen molar-refractivity contribution in [2.24, 2.45) is 0 Å². The molecule has 0 fully saturated rings. The lowest BCUT2D eigenvalue weighted by atomic mass is 9.99. The van der Waals surface area contributed by atoms with Gasteiger partial charge in [-0.25, -0.2) is 19.8 Å². The normalized spacial score (nSPS) is 11.4. The Morgan fingerprint density at radius 2 is 1.02 bits per heavy atom. The number of nitrogens with zero attached hydrogens (tertiary/aromatic N) is 5. The van der Waals surface area contributed by atoms with Crippen LogP contribution in [0.1, 0.15) is 0 Å². The third kappa shape index (κ3) is 5.64. The minimum absolute atomic E-state index is 0.588. The molecule has 0 atom stereocenters. The third-order valence-electron chi connectivity index (χ3n) is 10.9. The number of thiophene rings is 1. The van der Waals surface area contributed by atoms with E-state index in [2.05, 4.69) is 113 Å². The molecular weight excluding hydrogens is 727 g/mol. The highest BCUT2D eigenvalue weighted by molar-refractivity contribution is 7.26. The van der Waals surface area contributed by atoms with Gasteiger partial charge in [0.1, 0.15) is 0 Å². The van der Waals surface area contributed by atoms with Gasteiger partial charge in [0.05, 0.1) is 23.3 Å². The summed E-state index contributed by atoms with van der Waals surface area (Å²) in [6, 6.07) is 65.3. The fourth-order valence-electron chi connectivity index (χ4n) is 8.12. The molecule has 11 aromatic rings. The highest BCUT2D eigenvalue weighted by Crippen LogP contribution is 2.43. The van der Waals surface area contributed by atoms with E-state index in [9.17, 15) is 0 Å². The molecule has 3 heterocycles. The van der Waals surface area contributed by atoms with E-state index in [1.807, 2.05) is 96.3 Å². The molecule has 0 aliphatic rings. The molecule has 0 aliphatic carbocycles. The fraction of sp³-hybridized carbons (Fsp3) is 0. The number of hydrogen-bond donors (Lipinski definition) is 0. The lowest BCUT2D eigenvalue weighted by molar-refractivity contribution is 1.06. The number of benzene rings is 8. The van der Waals surface area contributed by atoms with Crippen molar-refractivity contribution in [1.82, 2.24) is 19.5 Å². The number of hydrogen-bond acceptors (Lipinski definition) is 4. The fourth-order valence-corrected chi connectivity index (χ4v) is 9.36. The molecular formula is C52H31N5S. The summed E-state index contributed by atoms with van der Waals surface area (Å²) < 4.78 is 4.87. The first-order valence-corrected chi connectivity index (χ1v) is 20.0. The number of fused-ring (bicyclic) bond motifs is 6. The molecule has 0 saturated heterocycles. The van der Waals surface area contributed by atoms with Crippen LogP contribution in [0.4, 0.5) is 5.69 Å². The van der Waals surface area contributed by atoms with Gasteiger partial charge in [-0.05, 0) is 52.6 Å². The maximum atomic E-state index is 7.47. The summed E-state index contributed by atoms with van der Waals surface area (Å²) in [5.41, 5.74) is 10.8. The second-order valence-electron chi connectivity index (χ2n) is 14.3. The van der Waals surface area contributed by atoms with E-state index in [1.165, 1.54) is 25.7 Å². The zero-order valence-corrected chi connectivity index (χ0v) is 31.9. The molecule has 0 bridgehead atoms. The van der Waals surface area contributed by atoms with E-state index in [0.29, 0.717) is 23.2 Å². The van der Waals surface area contributed by atoms with Crippen molar-refractivity contribution in [1.29, 1.82) is 0 Å². The molecule has 6 heteroatoms. The number of aromatic nitrogens is 4. The Hall–Kier alpha value is -7.72. The molecule has 0 saturated carbocycles. The Morgan fingerprint density at radius 3 is 1.76 bits per heavy atom. The SMILES string of the molecule is [C-]#[N+]c1ccc(-c2ccc3c4ccccc4n(-c4ccc(-c5cccc6c5sc5ccccc56)cc4-c4nc(-c5ccccc5)nc(-c5ccccc5)n4)c3c2)cc1. The van der Waals surface area contributed by atoms with Gasteiger partial charge in [-0.15, -0.1) is 11.3 Å². The first-order chi connectivity index (χ1) is 28.7. The van der Waals surface area contributed by atoms with Gasteiger partial charge in [0.2, 0.25) is 0 Å². The largest absolute Gasteiger partial charge is 0.308 e. The lowest BCUT2D eigenvalue weighted by Gasteiger charge is -2.17. The molecule has 0 spiro atoms. The Labute approximate surface area is 338 Å². The van der Waals surface area contributed by atoms with Gasteiger partial charge in [0.25, 0.3) is 0 Å². The van der Waals surface area contributed by atoms with Gasteiger partial charge in [-0.3, -0.25) is 0 Å². The van der Waals surface area contributed by atoms with Crippen LogP contribution in [0.2, 0.25) is 0 Å². The zero-order valence-electron chi connectivity index (χ0n) is 31.0. The summed E-state index contributed by atoms with van der Waals surface area (Å²) in [4.78, 5) is 19.2. The molecule has 0 unspecified atom stereocenters. The summed E-state index contributed by atoms with van der Waals surface area (Å²) in [5, 5.41) is 4.82. The van der Waals surface area contributed by atoms with Crippen LogP contribution in [0.5, 0.6) is 0 Å². The predicted molar refractivity (Wildman–Crippen MR) is 240 cm³/mol. The van der Waals surface area contributed by atoms with Crippen molar-refractivity contribution in [2.75, 3.05) is 0 Å². The summed E-state index contributed by atoms with van der Waals surface area (Å²) in [5.74, 6) is 1.81. The Balaban J connectivity index is 1.22. The monoisotopic (exact) mass is 757 g/mol. The second kappa shape index (κ2) is 13.8. The molecule has 5 nitrogen and oxygen atoms in total. The van der Waals surface area contributed by atoms with Gasteiger partial charge >= 0.3 is 0 Å². The van der Waals surface area contributed by atoms with Crippen molar-refractivity contribution >= 4 is 59.0 Å². The standard InChI is InChI=1S/C52H31N5S/c1-53-38-27-23-33(24-28-38)36-25-29-41-40-17-8-10-21-45(40)57(47(41)32-36)46-30-26-37(39-19-12-20-43-42-18-9-11-22-48(42)58-49(39)43)31-44(46)52-55-50(34-13-4-2-5-14-34)54-51(56-52)35-15-6-3-7-16-35/h2-32H. The number of rotatable bonds is 6. The first-order valence-electron chi connectivity index (χ1n) is 19.1. The molecule has 3 aromatic heterocycles. The summed E-state index contributed by atoms with van der Waals surface area (Å²) in [6.45, 7) is 7.47. The minimum atomic E-state index is 0.588. The predicted octanol–water partition coefficient (Wildman–Crippen LogP) is 14.2. The lowest BCUT2D eigenvalue weighted by Crippen LogP contribution is -2.04. The van der Waals surface area contributed by atoms with Gasteiger partial charge in [0, 0.05) is 47.6 Å². The van der Waals surface area contributed by atoms with Crippen LogP contribution >= 0.6 is 11.3 Å². The van der Waals surface area contributed by atoms with E-state index >= 15 is 0 Å². The van der Waals surface area contributed by atoms with E-state index in [0.717, 1.165) is 60.9 Å². The van der Waals surface area contributed by atoms with Crippen LogP contribution in [0.15, 0.2) is 188 Å². The van der Waals surface area contributed by atoms with Gasteiger partial charge in [-0.1, -0.05) is 158 Å².